The van der Waals surface area contributed by atoms with Crippen LogP contribution in [0.1, 0.15) is 26.2 Å². The van der Waals surface area contributed by atoms with Gasteiger partial charge in [0.05, 0.1) is 0 Å². The van der Waals surface area contributed by atoms with Crippen molar-refractivity contribution in [3.05, 3.63) is 0 Å². The Labute approximate surface area is 72.2 Å². The molecule has 4 heteroatoms. The third kappa shape index (κ3) is 12.3. The number of hydrogen-bond donors (Lipinski definition) is 0. The number of hydrogen-bond acceptors (Lipinski definition) is 0. The summed E-state index contributed by atoms with van der Waals surface area (Å²) < 4.78 is 0. The highest BCUT2D eigenvalue weighted by Crippen LogP contribution is 2.31. The van der Waals surface area contributed by atoms with E-state index in [9.17, 15) is 0 Å². The van der Waals surface area contributed by atoms with E-state index in [-0.39, 0.29) is 0 Å². The van der Waals surface area contributed by atoms with E-state index in [1.165, 1.54) is 19.3 Å². The average Bonchev–Trinajstić information content (AvgIpc) is 2.43. The Morgan fingerprint density at radius 2 is 1.67 bits per heavy atom. The molecule has 0 aromatic rings. The molecule has 0 radical (unpaired) electrons. The lowest BCUT2D eigenvalue weighted by Crippen LogP contribution is -1.66. The average molecular weight is 206 g/mol. The maximum Gasteiger partial charge on any atom is 0.326 e. The molecule has 0 aromatic carbocycles. The van der Waals surface area contributed by atoms with Crippen LogP contribution in [0.25, 0.3) is 0 Å². The van der Waals surface area contributed by atoms with E-state index >= 15 is 0 Å². The second-order valence-electron chi connectivity index (χ2n) is 2.10. The van der Waals surface area contributed by atoms with Gasteiger partial charge in [-0.25, -0.2) is 0 Å². The Morgan fingerprint density at radius 1 is 1.33 bits per heavy atom. The predicted molar refractivity (Wildman–Crippen MR) is 47.7 cm³/mol. The van der Waals surface area contributed by atoms with Crippen LogP contribution in [0.3, 0.4) is 0 Å². The highest BCUT2D eigenvalue weighted by molar-refractivity contribution is 7.54. The minimum atomic E-state index is -1.72. The Morgan fingerprint density at radius 3 is 1.67 bits per heavy atom. The lowest BCUT2D eigenvalue weighted by Gasteiger charge is -1.72. The third-order valence-corrected chi connectivity index (χ3v) is 1.27. The van der Waals surface area contributed by atoms with Crippen molar-refractivity contribution in [1.82, 2.24) is 0 Å². The van der Waals surface area contributed by atoms with Gasteiger partial charge in [-0.1, -0.05) is 26.2 Å². The normalized spacial score (nSPS) is 17.0. The first-order chi connectivity index (χ1) is 4.16. The summed E-state index contributed by atoms with van der Waals surface area (Å²) in [4.78, 5) is 0. The second kappa shape index (κ2) is 5.84. The van der Waals surface area contributed by atoms with Crippen LogP contribution in [0.4, 0.5) is 0 Å². The van der Waals surface area contributed by atoms with Gasteiger partial charge in [-0.15, -0.1) is 33.2 Å². The summed E-state index contributed by atoms with van der Waals surface area (Å²) in [5, 5.41) is 0. The van der Waals surface area contributed by atoms with E-state index in [1.807, 2.05) is 0 Å². The summed E-state index contributed by atoms with van der Waals surface area (Å²) in [7, 11) is 0. The van der Waals surface area contributed by atoms with Crippen LogP contribution in [0, 0.1) is 5.92 Å². The summed E-state index contributed by atoms with van der Waals surface area (Å²) in [6.07, 6.45) is 4.44. The standard InChI is InChI=1S/C5H10.Cl3HSi/c1-2-5-3-4-5;1-4(2)3/h5H,2-4H2,1H3;4H. The van der Waals surface area contributed by atoms with E-state index in [0.29, 0.717) is 0 Å². The minimum absolute atomic E-state index is 1.13. The maximum atomic E-state index is 4.94. The fourth-order valence-electron chi connectivity index (χ4n) is 0.526. The molecule has 9 heavy (non-hydrogen) atoms. The highest BCUT2D eigenvalue weighted by Gasteiger charge is 2.17. The van der Waals surface area contributed by atoms with Crippen LogP contribution < -0.4 is 0 Å². The van der Waals surface area contributed by atoms with Gasteiger partial charge in [0.25, 0.3) is 0 Å². The largest absolute Gasteiger partial charge is 0.326 e. The molecule has 0 bridgehead atoms. The number of rotatable bonds is 1. The molecule has 0 heterocycles. The van der Waals surface area contributed by atoms with Gasteiger partial charge in [-0.05, 0) is 5.92 Å². The summed E-state index contributed by atoms with van der Waals surface area (Å²) in [6, 6.07) is 0. The van der Waals surface area contributed by atoms with Crippen LogP contribution in [0.5, 0.6) is 0 Å². The molecule has 0 unspecified atom stereocenters. The van der Waals surface area contributed by atoms with E-state index in [4.69, 9.17) is 33.2 Å². The Kier molecular flexibility index (Phi) is 6.55. The van der Waals surface area contributed by atoms with Gasteiger partial charge in [0.2, 0.25) is 0 Å². The zero-order valence-corrected chi connectivity index (χ0v) is 8.83. The molecule has 1 saturated carbocycles. The Balaban J connectivity index is 0.000000148. The van der Waals surface area contributed by atoms with Crippen molar-refractivity contribution in [1.29, 1.82) is 0 Å². The predicted octanol–water partition coefficient (Wildman–Crippen LogP) is 3.23. The summed E-state index contributed by atoms with van der Waals surface area (Å²) in [5.74, 6) is 1.13. The maximum absolute atomic E-state index is 4.94. The monoisotopic (exact) mass is 204 g/mol. The molecule has 0 saturated heterocycles. The Bertz CT molecular complexity index is 60.5. The third-order valence-electron chi connectivity index (χ3n) is 1.27. The first-order valence-electron chi connectivity index (χ1n) is 3.09. The quantitative estimate of drug-likeness (QED) is 0.456. The van der Waals surface area contributed by atoms with Crippen LogP contribution in [-0.2, 0) is 0 Å². The topological polar surface area (TPSA) is 0 Å². The molecule has 56 valence electrons. The molecular weight excluding hydrogens is 194 g/mol. The van der Waals surface area contributed by atoms with Gasteiger partial charge in [0.1, 0.15) is 0 Å². The van der Waals surface area contributed by atoms with Crippen LogP contribution in [0.2, 0.25) is 0 Å². The van der Waals surface area contributed by atoms with Gasteiger partial charge in [0.15, 0.2) is 0 Å². The van der Waals surface area contributed by atoms with Gasteiger partial charge in [0, 0.05) is 0 Å². The lowest BCUT2D eigenvalue weighted by molar-refractivity contribution is 0.799. The molecular formula is C5H11Cl3Si. The zero-order chi connectivity index (χ0) is 7.28. The SMILES string of the molecule is CCC1CC1.Cl[SiH](Cl)Cl. The minimum Gasteiger partial charge on any atom is -0.130 e. The molecule has 0 aromatic heterocycles. The fraction of sp³-hybridized carbons (Fsp3) is 1.00. The summed E-state index contributed by atoms with van der Waals surface area (Å²) >= 11 is 14.8. The molecule has 0 amide bonds. The van der Waals surface area contributed by atoms with Gasteiger partial charge in [-0.2, -0.15) is 0 Å². The van der Waals surface area contributed by atoms with Crippen LogP contribution >= 0.6 is 33.2 Å². The first-order valence-corrected chi connectivity index (χ1v) is 8.32. The molecule has 1 rings (SSSR count). The molecule has 0 nitrogen and oxygen atoms in total. The molecule has 1 aliphatic carbocycles. The van der Waals surface area contributed by atoms with Crippen LogP contribution in [0.15, 0.2) is 0 Å². The van der Waals surface area contributed by atoms with Gasteiger partial charge in [-0.3, -0.25) is 0 Å². The molecule has 0 N–H and O–H groups in total. The van der Waals surface area contributed by atoms with Gasteiger partial charge >= 0.3 is 6.73 Å². The smallest absolute Gasteiger partial charge is 0.130 e. The van der Waals surface area contributed by atoms with Crippen molar-refractivity contribution in [3.63, 3.8) is 0 Å². The lowest BCUT2D eigenvalue weighted by atomic mass is 10.3. The van der Waals surface area contributed by atoms with Crippen molar-refractivity contribution in [3.8, 4) is 0 Å². The Hall–Kier alpha value is 1.09. The van der Waals surface area contributed by atoms with Crippen molar-refractivity contribution in [2.24, 2.45) is 5.92 Å². The van der Waals surface area contributed by atoms with E-state index in [2.05, 4.69) is 6.92 Å². The van der Waals surface area contributed by atoms with Crippen molar-refractivity contribution >= 4 is 40.0 Å². The van der Waals surface area contributed by atoms with E-state index < -0.39 is 6.73 Å². The molecule has 1 fully saturated rings. The highest BCUT2D eigenvalue weighted by atomic mass is 35.8. The first kappa shape index (κ1) is 10.1. The van der Waals surface area contributed by atoms with Crippen molar-refractivity contribution in [2.75, 3.05) is 0 Å². The van der Waals surface area contributed by atoms with Crippen molar-refractivity contribution in [2.45, 2.75) is 26.2 Å². The molecule has 0 atom stereocenters. The molecule has 1 aliphatic rings. The zero-order valence-electron chi connectivity index (χ0n) is 5.41. The fourth-order valence-corrected chi connectivity index (χ4v) is 0.526. The second-order valence-corrected chi connectivity index (χ2v) is 8.53. The molecule has 0 aliphatic heterocycles. The van der Waals surface area contributed by atoms with E-state index in [0.717, 1.165) is 5.92 Å². The number of halogens is 3. The summed E-state index contributed by atoms with van der Waals surface area (Å²) in [5.41, 5.74) is 0. The summed E-state index contributed by atoms with van der Waals surface area (Å²) in [6.45, 7) is 0.539. The van der Waals surface area contributed by atoms with Crippen LogP contribution in [-0.4, -0.2) is 6.73 Å². The van der Waals surface area contributed by atoms with Crippen molar-refractivity contribution < 1.29 is 0 Å². The van der Waals surface area contributed by atoms with E-state index in [1.54, 1.807) is 0 Å². The molecule has 0 spiro atoms. The van der Waals surface area contributed by atoms with Gasteiger partial charge < -0.3 is 0 Å².